The molecule has 0 unspecified atom stereocenters. The van der Waals surface area contributed by atoms with Crippen molar-refractivity contribution in [2.75, 3.05) is 6.61 Å². The molecule has 2 aromatic carbocycles. The molecule has 2 rings (SSSR count). The van der Waals surface area contributed by atoms with Crippen molar-refractivity contribution in [3.63, 3.8) is 0 Å². The van der Waals surface area contributed by atoms with Gasteiger partial charge in [-0.1, -0.05) is 35.3 Å². The number of aromatic carboxylic acids is 1. The molecule has 0 aliphatic carbocycles. The molecule has 1 N–H and O–H groups in total. The summed E-state index contributed by atoms with van der Waals surface area (Å²) < 4.78 is 5.53. The number of carboxylic acid groups (broad SMARTS) is 1. The van der Waals surface area contributed by atoms with E-state index in [-0.39, 0.29) is 5.56 Å². The van der Waals surface area contributed by atoms with Gasteiger partial charge in [0.05, 0.1) is 17.2 Å². The quantitative estimate of drug-likeness (QED) is 0.895. The molecule has 104 valence electrons. The van der Waals surface area contributed by atoms with E-state index in [0.29, 0.717) is 28.8 Å². The molecule has 20 heavy (non-hydrogen) atoms. The molecule has 0 spiro atoms. The lowest BCUT2D eigenvalue weighted by Crippen LogP contribution is -2.03. The molecule has 0 aliphatic rings. The Kier molecular flexibility index (Phi) is 4.88. The van der Waals surface area contributed by atoms with E-state index in [9.17, 15) is 4.79 Å². The van der Waals surface area contributed by atoms with Gasteiger partial charge in [-0.05, 0) is 35.9 Å². The summed E-state index contributed by atoms with van der Waals surface area (Å²) in [5.74, 6) is -0.634. The monoisotopic (exact) mass is 310 g/mol. The standard InChI is InChI=1S/C15H12Cl2O3/c16-12-4-1-10(2-5-12)7-8-20-14-9-11(15(18)19)3-6-13(14)17/h1-6,9H,7-8H2,(H,18,19). The number of hydrogen-bond acceptors (Lipinski definition) is 2. The van der Waals surface area contributed by atoms with Crippen molar-refractivity contribution in [3.05, 3.63) is 63.6 Å². The Hall–Kier alpha value is -1.71. The van der Waals surface area contributed by atoms with Gasteiger partial charge in [-0.15, -0.1) is 0 Å². The summed E-state index contributed by atoms with van der Waals surface area (Å²) in [6.07, 6.45) is 0.685. The van der Waals surface area contributed by atoms with Crippen LogP contribution in [-0.2, 0) is 6.42 Å². The lowest BCUT2D eigenvalue weighted by atomic mass is 10.2. The van der Waals surface area contributed by atoms with E-state index in [0.717, 1.165) is 5.56 Å². The highest BCUT2D eigenvalue weighted by Crippen LogP contribution is 2.25. The molecule has 2 aromatic rings. The molecule has 0 radical (unpaired) electrons. The molecular formula is C15H12Cl2O3. The summed E-state index contributed by atoms with van der Waals surface area (Å²) in [7, 11) is 0. The highest BCUT2D eigenvalue weighted by atomic mass is 35.5. The lowest BCUT2D eigenvalue weighted by molar-refractivity contribution is 0.0696. The third-order valence-electron chi connectivity index (χ3n) is 2.74. The van der Waals surface area contributed by atoms with Gasteiger partial charge < -0.3 is 9.84 Å². The van der Waals surface area contributed by atoms with Crippen LogP contribution in [0.3, 0.4) is 0 Å². The number of hydrogen-bond donors (Lipinski definition) is 1. The predicted molar refractivity (Wildman–Crippen MR) is 79.1 cm³/mol. The molecule has 0 saturated carbocycles. The number of ether oxygens (including phenoxy) is 1. The maximum atomic E-state index is 10.9. The molecule has 0 fully saturated rings. The van der Waals surface area contributed by atoms with E-state index in [1.54, 1.807) is 0 Å². The topological polar surface area (TPSA) is 46.5 Å². The third-order valence-corrected chi connectivity index (χ3v) is 3.30. The van der Waals surface area contributed by atoms with Gasteiger partial charge in [-0.25, -0.2) is 4.79 Å². The Morgan fingerprint density at radius 3 is 2.45 bits per heavy atom. The maximum Gasteiger partial charge on any atom is 0.335 e. The highest BCUT2D eigenvalue weighted by Gasteiger charge is 2.08. The Labute approximate surface area is 126 Å². The molecule has 0 aliphatic heterocycles. The minimum atomic E-state index is -1.01. The summed E-state index contributed by atoms with van der Waals surface area (Å²) in [4.78, 5) is 10.9. The Balaban J connectivity index is 1.98. The van der Waals surface area contributed by atoms with E-state index >= 15 is 0 Å². The van der Waals surface area contributed by atoms with Crippen LogP contribution in [-0.4, -0.2) is 17.7 Å². The van der Waals surface area contributed by atoms with E-state index in [1.807, 2.05) is 24.3 Å². The van der Waals surface area contributed by atoms with E-state index in [4.69, 9.17) is 33.0 Å². The second-order valence-corrected chi connectivity index (χ2v) is 5.02. The van der Waals surface area contributed by atoms with Gasteiger partial charge in [-0.2, -0.15) is 0 Å². The maximum absolute atomic E-state index is 10.9. The molecule has 0 saturated heterocycles. The summed E-state index contributed by atoms with van der Waals surface area (Å²) in [5, 5.41) is 10.00. The Morgan fingerprint density at radius 2 is 1.80 bits per heavy atom. The summed E-state index contributed by atoms with van der Waals surface area (Å²) in [5.41, 5.74) is 1.23. The first-order valence-electron chi connectivity index (χ1n) is 5.96. The summed E-state index contributed by atoms with van der Waals surface area (Å²) in [6.45, 7) is 0.407. The van der Waals surface area contributed by atoms with Crippen LogP contribution in [0.1, 0.15) is 15.9 Å². The van der Waals surface area contributed by atoms with Crippen LogP contribution in [0.5, 0.6) is 5.75 Å². The van der Waals surface area contributed by atoms with Crippen molar-refractivity contribution >= 4 is 29.2 Å². The molecule has 0 heterocycles. The van der Waals surface area contributed by atoms with Gasteiger partial charge >= 0.3 is 5.97 Å². The zero-order valence-corrected chi connectivity index (χ0v) is 12.0. The van der Waals surface area contributed by atoms with Gasteiger partial charge in [-0.3, -0.25) is 0 Å². The second-order valence-electron chi connectivity index (χ2n) is 4.18. The SMILES string of the molecule is O=C(O)c1ccc(Cl)c(OCCc2ccc(Cl)cc2)c1. The summed E-state index contributed by atoms with van der Waals surface area (Å²) in [6, 6.07) is 11.8. The van der Waals surface area contributed by atoms with Gasteiger partial charge in [0.1, 0.15) is 5.75 Å². The molecule has 0 bridgehead atoms. The molecule has 3 nitrogen and oxygen atoms in total. The third kappa shape index (κ3) is 3.89. The number of halogens is 2. The zero-order chi connectivity index (χ0) is 14.5. The van der Waals surface area contributed by atoms with Crippen molar-refractivity contribution in [2.24, 2.45) is 0 Å². The van der Waals surface area contributed by atoms with Crippen molar-refractivity contribution in [3.8, 4) is 5.75 Å². The molecule has 0 amide bonds. The fraction of sp³-hybridized carbons (Fsp3) is 0.133. The summed E-state index contributed by atoms with van der Waals surface area (Å²) >= 11 is 11.8. The largest absolute Gasteiger partial charge is 0.492 e. The normalized spacial score (nSPS) is 10.3. The molecule has 0 atom stereocenters. The van der Waals surface area contributed by atoms with Crippen molar-refractivity contribution < 1.29 is 14.6 Å². The van der Waals surface area contributed by atoms with Crippen molar-refractivity contribution in [1.29, 1.82) is 0 Å². The van der Waals surface area contributed by atoms with Crippen LogP contribution >= 0.6 is 23.2 Å². The fourth-order valence-electron chi connectivity index (χ4n) is 1.68. The Bertz CT molecular complexity index is 609. The predicted octanol–water partition coefficient (Wildman–Crippen LogP) is 4.31. The van der Waals surface area contributed by atoms with Gasteiger partial charge in [0.25, 0.3) is 0 Å². The van der Waals surface area contributed by atoms with Crippen molar-refractivity contribution in [1.82, 2.24) is 0 Å². The number of benzene rings is 2. The van der Waals surface area contributed by atoms with E-state index in [2.05, 4.69) is 0 Å². The van der Waals surface area contributed by atoms with E-state index < -0.39 is 5.97 Å². The van der Waals surface area contributed by atoms with Crippen LogP contribution in [0.4, 0.5) is 0 Å². The second kappa shape index (κ2) is 6.64. The minimum absolute atomic E-state index is 0.149. The van der Waals surface area contributed by atoms with Crippen LogP contribution < -0.4 is 4.74 Å². The van der Waals surface area contributed by atoms with Crippen LogP contribution in [0.2, 0.25) is 10.0 Å². The van der Waals surface area contributed by atoms with Crippen LogP contribution in [0, 0.1) is 0 Å². The van der Waals surface area contributed by atoms with Crippen LogP contribution in [0.15, 0.2) is 42.5 Å². The zero-order valence-electron chi connectivity index (χ0n) is 10.5. The van der Waals surface area contributed by atoms with E-state index in [1.165, 1.54) is 18.2 Å². The Morgan fingerprint density at radius 1 is 1.10 bits per heavy atom. The molecule has 0 aromatic heterocycles. The number of carbonyl (C=O) groups is 1. The number of rotatable bonds is 5. The lowest BCUT2D eigenvalue weighted by Gasteiger charge is -2.09. The van der Waals surface area contributed by atoms with Crippen LogP contribution in [0.25, 0.3) is 0 Å². The molecule has 5 heteroatoms. The molecular weight excluding hydrogens is 299 g/mol. The minimum Gasteiger partial charge on any atom is -0.492 e. The van der Waals surface area contributed by atoms with Gasteiger partial charge in [0.2, 0.25) is 0 Å². The first-order valence-corrected chi connectivity index (χ1v) is 6.72. The smallest absolute Gasteiger partial charge is 0.335 e. The number of carboxylic acids is 1. The average molecular weight is 311 g/mol. The highest BCUT2D eigenvalue weighted by molar-refractivity contribution is 6.32. The first-order chi connectivity index (χ1) is 9.56. The average Bonchev–Trinajstić information content (AvgIpc) is 2.43. The van der Waals surface area contributed by atoms with Gasteiger partial charge in [0.15, 0.2) is 0 Å². The van der Waals surface area contributed by atoms with Gasteiger partial charge in [0, 0.05) is 11.4 Å². The van der Waals surface area contributed by atoms with Crippen molar-refractivity contribution in [2.45, 2.75) is 6.42 Å². The fourth-order valence-corrected chi connectivity index (χ4v) is 1.98. The first kappa shape index (κ1) is 14.7.